The van der Waals surface area contributed by atoms with Crippen LogP contribution in [0.4, 0.5) is 4.39 Å². The number of aryl methyl sites for hydroxylation is 1. The van der Waals surface area contributed by atoms with Gasteiger partial charge in [-0.15, -0.1) is 0 Å². The van der Waals surface area contributed by atoms with Crippen LogP contribution in [0.1, 0.15) is 23.1 Å². The summed E-state index contributed by atoms with van der Waals surface area (Å²) in [7, 11) is 1.71. The maximum atomic E-state index is 13.2. The van der Waals surface area contributed by atoms with Crippen LogP contribution in [0.2, 0.25) is 5.02 Å². The van der Waals surface area contributed by atoms with Crippen molar-refractivity contribution in [2.24, 2.45) is 0 Å². The fourth-order valence-electron chi connectivity index (χ4n) is 2.56. The van der Waals surface area contributed by atoms with E-state index in [2.05, 4.69) is 26.1 Å². The summed E-state index contributed by atoms with van der Waals surface area (Å²) in [6.45, 7) is 3.15. The zero-order valence-electron chi connectivity index (χ0n) is 15.3. The lowest BCUT2D eigenvalue weighted by atomic mass is 10.3. The third-order valence-electron chi connectivity index (χ3n) is 4.05. The fraction of sp³-hybridized carbons (Fsp3) is 0.278. The minimum atomic E-state index is -0.514. The summed E-state index contributed by atoms with van der Waals surface area (Å²) < 4.78 is 22.9. The molecule has 10 heteroatoms. The van der Waals surface area contributed by atoms with E-state index in [4.69, 9.17) is 16.3 Å². The molecule has 1 amide bonds. The minimum Gasteiger partial charge on any atom is -0.471 e. The number of nitrogens with zero attached hydrogens (tertiary/aromatic N) is 5. The number of aromatic nitrogens is 4. The number of benzene rings is 1. The normalized spacial score (nSPS) is 10.9. The number of ether oxygens (including phenoxy) is 1. The van der Waals surface area contributed by atoms with Crippen molar-refractivity contribution in [3.05, 3.63) is 63.4 Å². The van der Waals surface area contributed by atoms with Crippen LogP contribution < -0.4 is 4.74 Å². The molecule has 2 heterocycles. The van der Waals surface area contributed by atoms with Crippen molar-refractivity contribution >= 4 is 33.4 Å². The quantitative estimate of drug-likeness (QED) is 0.524. The van der Waals surface area contributed by atoms with E-state index in [1.54, 1.807) is 30.4 Å². The molecule has 1 aromatic carbocycles. The van der Waals surface area contributed by atoms with Crippen LogP contribution in [0, 0.1) is 5.82 Å². The van der Waals surface area contributed by atoms with E-state index in [-0.39, 0.29) is 17.7 Å². The average molecular weight is 471 g/mol. The molecule has 0 radical (unpaired) electrons. The van der Waals surface area contributed by atoms with Gasteiger partial charge in [-0.3, -0.25) is 9.48 Å². The zero-order chi connectivity index (χ0) is 20.3. The van der Waals surface area contributed by atoms with Crippen molar-refractivity contribution in [2.75, 3.05) is 7.05 Å². The molecule has 3 aromatic rings. The summed E-state index contributed by atoms with van der Waals surface area (Å²) in [5.74, 6) is -0.330. The Morgan fingerprint density at radius 1 is 1.39 bits per heavy atom. The van der Waals surface area contributed by atoms with E-state index >= 15 is 0 Å². The highest BCUT2D eigenvalue weighted by Gasteiger charge is 2.18. The SMILES string of the molecule is CCn1ncc(Br)c1CN(C)C(=O)c1ccn(COc2ccc(F)c(Cl)c2)n1. The minimum absolute atomic E-state index is 0.0204. The molecule has 0 N–H and O–H groups in total. The molecule has 28 heavy (non-hydrogen) atoms. The van der Waals surface area contributed by atoms with Gasteiger partial charge in [0.1, 0.15) is 11.6 Å². The second-order valence-electron chi connectivity index (χ2n) is 6.01. The van der Waals surface area contributed by atoms with Crippen LogP contribution in [0.15, 0.2) is 41.1 Å². The molecule has 0 unspecified atom stereocenters. The number of hydrogen-bond acceptors (Lipinski definition) is 4. The van der Waals surface area contributed by atoms with E-state index in [9.17, 15) is 9.18 Å². The fourth-order valence-corrected chi connectivity index (χ4v) is 3.16. The Hall–Kier alpha value is -2.39. The van der Waals surface area contributed by atoms with Crippen LogP contribution in [0.25, 0.3) is 0 Å². The first-order chi connectivity index (χ1) is 13.4. The van der Waals surface area contributed by atoms with E-state index in [1.807, 2.05) is 11.6 Å². The van der Waals surface area contributed by atoms with Crippen LogP contribution >= 0.6 is 27.5 Å². The molecule has 7 nitrogen and oxygen atoms in total. The van der Waals surface area contributed by atoms with Crippen LogP contribution in [-0.2, 0) is 19.8 Å². The van der Waals surface area contributed by atoms with Gasteiger partial charge in [0, 0.05) is 25.9 Å². The number of hydrogen-bond donors (Lipinski definition) is 0. The van der Waals surface area contributed by atoms with Crippen molar-refractivity contribution in [3.8, 4) is 5.75 Å². The van der Waals surface area contributed by atoms with E-state index in [0.717, 1.165) is 10.2 Å². The van der Waals surface area contributed by atoms with Gasteiger partial charge in [0.25, 0.3) is 5.91 Å². The van der Waals surface area contributed by atoms with Gasteiger partial charge in [-0.2, -0.15) is 10.2 Å². The molecule has 0 aliphatic rings. The second-order valence-corrected chi connectivity index (χ2v) is 7.27. The van der Waals surface area contributed by atoms with Crippen molar-refractivity contribution in [2.45, 2.75) is 26.7 Å². The summed E-state index contributed by atoms with van der Waals surface area (Å²) in [4.78, 5) is 14.2. The zero-order valence-corrected chi connectivity index (χ0v) is 17.6. The Labute approximate surface area is 174 Å². The average Bonchev–Trinajstić information content (AvgIpc) is 3.29. The first-order valence-corrected chi connectivity index (χ1v) is 9.63. The van der Waals surface area contributed by atoms with Crippen molar-refractivity contribution < 1.29 is 13.9 Å². The number of amides is 1. The summed E-state index contributed by atoms with van der Waals surface area (Å²) >= 11 is 9.19. The monoisotopic (exact) mass is 469 g/mol. The Kier molecular flexibility index (Phi) is 6.35. The van der Waals surface area contributed by atoms with Crippen molar-refractivity contribution in [1.82, 2.24) is 24.5 Å². The van der Waals surface area contributed by atoms with E-state index < -0.39 is 5.82 Å². The number of rotatable bonds is 7. The van der Waals surface area contributed by atoms with Gasteiger partial charge in [-0.1, -0.05) is 11.6 Å². The largest absolute Gasteiger partial charge is 0.471 e. The predicted octanol–water partition coefficient (Wildman–Crippen LogP) is 3.96. The smallest absolute Gasteiger partial charge is 0.274 e. The molecular formula is C18H18BrClFN5O2. The third-order valence-corrected chi connectivity index (χ3v) is 5.00. The highest BCUT2D eigenvalue weighted by atomic mass is 79.9. The maximum absolute atomic E-state index is 13.2. The van der Waals surface area contributed by atoms with Gasteiger partial charge < -0.3 is 9.64 Å². The first-order valence-electron chi connectivity index (χ1n) is 8.46. The molecule has 2 aromatic heterocycles. The van der Waals surface area contributed by atoms with Crippen LogP contribution in [-0.4, -0.2) is 37.4 Å². The number of halogens is 3. The van der Waals surface area contributed by atoms with E-state index in [0.29, 0.717) is 24.5 Å². The molecule has 0 saturated carbocycles. The lowest BCUT2D eigenvalue weighted by Crippen LogP contribution is -2.28. The summed E-state index contributed by atoms with van der Waals surface area (Å²) in [5.41, 5.74) is 1.20. The lowest BCUT2D eigenvalue weighted by molar-refractivity contribution is 0.0773. The van der Waals surface area contributed by atoms with E-state index in [1.165, 1.54) is 22.9 Å². The van der Waals surface area contributed by atoms with Gasteiger partial charge in [0.15, 0.2) is 12.4 Å². The predicted molar refractivity (Wildman–Crippen MR) is 106 cm³/mol. The highest BCUT2D eigenvalue weighted by molar-refractivity contribution is 9.10. The summed E-state index contributed by atoms with van der Waals surface area (Å²) in [5, 5.41) is 8.47. The molecule has 0 aliphatic heterocycles. The summed E-state index contributed by atoms with van der Waals surface area (Å²) in [6.07, 6.45) is 3.35. The Morgan fingerprint density at radius 3 is 2.89 bits per heavy atom. The standard InChI is InChI=1S/C18H18BrClFN5O2/c1-3-26-17(13(19)9-22-26)10-24(2)18(27)16-6-7-25(23-16)11-28-12-4-5-15(21)14(20)8-12/h4-9H,3,10-11H2,1-2H3. The Bertz CT molecular complexity index is 990. The van der Waals surface area contributed by atoms with Gasteiger partial charge in [-0.05, 0) is 41.1 Å². The number of carbonyl (C=O) groups excluding carboxylic acids is 1. The van der Waals surface area contributed by atoms with Gasteiger partial charge in [0.05, 0.1) is 27.9 Å². The molecule has 0 fully saturated rings. The summed E-state index contributed by atoms with van der Waals surface area (Å²) in [6, 6.07) is 5.70. The molecule has 3 rings (SSSR count). The molecule has 0 spiro atoms. The van der Waals surface area contributed by atoms with Gasteiger partial charge in [-0.25, -0.2) is 9.07 Å². The van der Waals surface area contributed by atoms with Gasteiger partial charge in [0.2, 0.25) is 0 Å². The van der Waals surface area contributed by atoms with Crippen LogP contribution in [0.3, 0.4) is 0 Å². The van der Waals surface area contributed by atoms with Gasteiger partial charge >= 0.3 is 0 Å². The van der Waals surface area contributed by atoms with Crippen molar-refractivity contribution in [1.29, 1.82) is 0 Å². The molecule has 0 saturated heterocycles. The molecule has 0 bridgehead atoms. The Balaban J connectivity index is 1.63. The Morgan fingerprint density at radius 2 is 2.18 bits per heavy atom. The van der Waals surface area contributed by atoms with Crippen LogP contribution in [0.5, 0.6) is 5.75 Å². The molecular weight excluding hydrogens is 453 g/mol. The number of carbonyl (C=O) groups is 1. The molecule has 0 aliphatic carbocycles. The first kappa shape index (κ1) is 20.3. The van der Waals surface area contributed by atoms with Crippen molar-refractivity contribution in [3.63, 3.8) is 0 Å². The maximum Gasteiger partial charge on any atom is 0.274 e. The highest BCUT2D eigenvalue weighted by Crippen LogP contribution is 2.21. The molecule has 0 atom stereocenters. The second kappa shape index (κ2) is 8.74. The molecule has 148 valence electrons. The topological polar surface area (TPSA) is 65.2 Å². The third kappa shape index (κ3) is 4.53. The lowest BCUT2D eigenvalue weighted by Gasteiger charge is -2.17.